The van der Waals surface area contributed by atoms with Crippen molar-refractivity contribution in [2.24, 2.45) is 0 Å². The summed E-state index contributed by atoms with van der Waals surface area (Å²) in [6, 6.07) is 6.90. The van der Waals surface area contributed by atoms with E-state index in [1.807, 2.05) is 31.2 Å². The minimum Gasteiger partial charge on any atom is -0.304 e. The molecule has 1 aromatic carbocycles. The Hall–Kier alpha value is -1.14. The average molecular weight is 358 g/mol. The third kappa shape index (κ3) is 3.49. The highest BCUT2D eigenvalue weighted by atomic mass is 79.9. The molecule has 0 N–H and O–H groups in total. The number of rotatable bonds is 4. The van der Waals surface area contributed by atoms with Crippen molar-refractivity contribution < 1.29 is 13.2 Å². The van der Waals surface area contributed by atoms with Crippen molar-refractivity contribution in [3.8, 4) is 0 Å². The number of carbonyl (C=O) groups is 1. The summed E-state index contributed by atoms with van der Waals surface area (Å²) in [4.78, 5) is 13.9. The molecule has 0 fully saturated rings. The molecule has 1 aliphatic heterocycles. The molecule has 20 heavy (non-hydrogen) atoms. The van der Waals surface area contributed by atoms with Crippen LogP contribution in [0.15, 0.2) is 40.2 Å². The van der Waals surface area contributed by atoms with Gasteiger partial charge in [-0.05, 0) is 36.8 Å². The molecule has 6 heteroatoms. The van der Waals surface area contributed by atoms with Crippen LogP contribution in [-0.2, 0) is 14.6 Å². The quantitative estimate of drug-likeness (QED) is 0.832. The lowest BCUT2D eigenvalue weighted by Gasteiger charge is -2.27. The molecule has 0 spiro atoms. The number of sulfone groups is 1. The van der Waals surface area contributed by atoms with E-state index in [1.54, 1.807) is 11.0 Å². The van der Waals surface area contributed by atoms with Crippen LogP contribution in [0.4, 0.5) is 5.69 Å². The van der Waals surface area contributed by atoms with Gasteiger partial charge in [-0.3, -0.25) is 4.79 Å². The first kappa shape index (κ1) is 15.3. The van der Waals surface area contributed by atoms with E-state index in [2.05, 4.69) is 15.9 Å². The molecule has 0 saturated heterocycles. The SMILES string of the molecule is CCCC(=O)N(c1ccc(Br)cc1)C1C=CS(=O)(=O)C1. The summed E-state index contributed by atoms with van der Waals surface area (Å²) >= 11 is 3.35. The molecule has 0 aromatic heterocycles. The molecule has 1 unspecified atom stereocenters. The van der Waals surface area contributed by atoms with Crippen LogP contribution in [0, 0.1) is 0 Å². The molecular weight excluding hydrogens is 342 g/mol. The van der Waals surface area contributed by atoms with E-state index in [-0.39, 0.29) is 11.7 Å². The molecule has 0 saturated carbocycles. The topological polar surface area (TPSA) is 54.5 Å². The fourth-order valence-electron chi connectivity index (χ4n) is 2.18. The van der Waals surface area contributed by atoms with Crippen molar-refractivity contribution in [2.75, 3.05) is 10.7 Å². The molecule has 2 rings (SSSR count). The Bertz CT molecular complexity index is 622. The van der Waals surface area contributed by atoms with Gasteiger partial charge in [0, 0.05) is 22.0 Å². The van der Waals surface area contributed by atoms with E-state index in [9.17, 15) is 13.2 Å². The van der Waals surface area contributed by atoms with Crippen LogP contribution in [-0.4, -0.2) is 26.1 Å². The monoisotopic (exact) mass is 357 g/mol. The van der Waals surface area contributed by atoms with Gasteiger partial charge in [0.2, 0.25) is 5.91 Å². The Kier molecular flexibility index (Phi) is 4.65. The second kappa shape index (κ2) is 6.10. The van der Waals surface area contributed by atoms with Crippen molar-refractivity contribution in [3.05, 3.63) is 40.2 Å². The number of carbonyl (C=O) groups excluding carboxylic acids is 1. The molecule has 0 bridgehead atoms. The zero-order chi connectivity index (χ0) is 14.8. The predicted molar refractivity (Wildman–Crippen MR) is 83.3 cm³/mol. The van der Waals surface area contributed by atoms with Gasteiger partial charge in [-0.2, -0.15) is 0 Å². The number of hydrogen-bond donors (Lipinski definition) is 0. The molecule has 1 aromatic rings. The van der Waals surface area contributed by atoms with Gasteiger partial charge in [-0.1, -0.05) is 22.9 Å². The molecule has 0 aliphatic carbocycles. The predicted octanol–water partition coefficient (Wildman–Crippen LogP) is 2.89. The summed E-state index contributed by atoms with van der Waals surface area (Å²) in [6.45, 7) is 1.93. The van der Waals surface area contributed by atoms with Crippen LogP contribution in [0.3, 0.4) is 0 Å². The summed E-state index contributed by atoms with van der Waals surface area (Å²) in [5.41, 5.74) is 0.721. The molecule has 1 atom stereocenters. The average Bonchev–Trinajstić information content (AvgIpc) is 2.73. The maximum atomic E-state index is 12.3. The lowest BCUT2D eigenvalue weighted by Crippen LogP contribution is -2.41. The first-order chi connectivity index (χ1) is 9.43. The van der Waals surface area contributed by atoms with E-state index in [1.165, 1.54) is 5.41 Å². The number of benzene rings is 1. The largest absolute Gasteiger partial charge is 0.304 e. The molecule has 4 nitrogen and oxygen atoms in total. The van der Waals surface area contributed by atoms with Gasteiger partial charge in [0.15, 0.2) is 9.84 Å². The summed E-state index contributed by atoms with van der Waals surface area (Å²) in [7, 11) is -3.19. The second-order valence-electron chi connectivity index (χ2n) is 4.72. The molecule has 108 valence electrons. The van der Waals surface area contributed by atoms with Gasteiger partial charge in [0.05, 0.1) is 11.8 Å². The first-order valence-corrected chi connectivity index (χ1v) is 8.92. The van der Waals surface area contributed by atoms with Gasteiger partial charge in [0.25, 0.3) is 0 Å². The Morgan fingerprint density at radius 3 is 2.50 bits per heavy atom. The van der Waals surface area contributed by atoms with Crippen LogP contribution < -0.4 is 4.90 Å². The number of anilines is 1. The molecule has 1 heterocycles. The summed E-state index contributed by atoms with van der Waals surface area (Å²) in [5, 5.41) is 1.20. The molecular formula is C14H16BrNO3S. The number of hydrogen-bond acceptors (Lipinski definition) is 3. The normalized spacial score (nSPS) is 20.0. The zero-order valence-corrected chi connectivity index (χ0v) is 13.5. The van der Waals surface area contributed by atoms with Crippen LogP contribution in [0.2, 0.25) is 0 Å². The van der Waals surface area contributed by atoms with E-state index in [4.69, 9.17) is 0 Å². The van der Waals surface area contributed by atoms with Crippen LogP contribution in [0.25, 0.3) is 0 Å². The Labute approximate surface area is 127 Å². The molecule has 1 amide bonds. The van der Waals surface area contributed by atoms with Crippen molar-refractivity contribution in [1.29, 1.82) is 0 Å². The smallest absolute Gasteiger partial charge is 0.227 e. The highest BCUT2D eigenvalue weighted by Gasteiger charge is 2.30. The summed E-state index contributed by atoms with van der Waals surface area (Å²) < 4.78 is 24.1. The highest BCUT2D eigenvalue weighted by Crippen LogP contribution is 2.25. The van der Waals surface area contributed by atoms with Gasteiger partial charge in [-0.15, -0.1) is 0 Å². The van der Waals surface area contributed by atoms with Crippen molar-refractivity contribution in [2.45, 2.75) is 25.8 Å². The van der Waals surface area contributed by atoms with Crippen molar-refractivity contribution >= 4 is 37.4 Å². The fraction of sp³-hybridized carbons (Fsp3) is 0.357. The van der Waals surface area contributed by atoms with E-state index in [0.717, 1.165) is 16.6 Å². The zero-order valence-electron chi connectivity index (χ0n) is 11.1. The fourth-order valence-corrected chi connectivity index (χ4v) is 3.71. The first-order valence-electron chi connectivity index (χ1n) is 6.41. The molecule has 1 aliphatic rings. The van der Waals surface area contributed by atoms with Crippen LogP contribution in [0.1, 0.15) is 19.8 Å². The summed E-state index contributed by atoms with van der Waals surface area (Å²) in [6.07, 6.45) is 2.72. The third-order valence-corrected chi connectivity index (χ3v) is 4.99. The maximum absolute atomic E-state index is 12.3. The Morgan fingerprint density at radius 1 is 1.35 bits per heavy atom. The van der Waals surface area contributed by atoms with Crippen molar-refractivity contribution in [1.82, 2.24) is 0 Å². The highest BCUT2D eigenvalue weighted by molar-refractivity contribution is 9.10. The minimum atomic E-state index is -3.19. The van der Waals surface area contributed by atoms with Crippen molar-refractivity contribution in [3.63, 3.8) is 0 Å². The van der Waals surface area contributed by atoms with Gasteiger partial charge < -0.3 is 4.90 Å². The maximum Gasteiger partial charge on any atom is 0.227 e. The Balaban J connectivity index is 2.33. The number of amides is 1. The van der Waals surface area contributed by atoms with Crippen LogP contribution >= 0.6 is 15.9 Å². The Morgan fingerprint density at radius 2 is 2.00 bits per heavy atom. The van der Waals surface area contributed by atoms with E-state index < -0.39 is 15.9 Å². The van der Waals surface area contributed by atoms with Gasteiger partial charge >= 0.3 is 0 Å². The minimum absolute atomic E-state index is 0.0431. The third-order valence-electron chi connectivity index (χ3n) is 3.08. The lowest BCUT2D eigenvalue weighted by molar-refractivity contribution is -0.118. The van der Waals surface area contributed by atoms with E-state index >= 15 is 0 Å². The molecule has 0 radical (unpaired) electrons. The van der Waals surface area contributed by atoms with Gasteiger partial charge in [0.1, 0.15) is 0 Å². The van der Waals surface area contributed by atoms with Crippen LogP contribution in [0.5, 0.6) is 0 Å². The second-order valence-corrected chi connectivity index (χ2v) is 7.56. The number of nitrogens with zero attached hydrogens (tertiary/aromatic N) is 1. The van der Waals surface area contributed by atoms with Gasteiger partial charge in [-0.25, -0.2) is 8.42 Å². The lowest BCUT2D eigenvalue weighted by atomic mass is 10.2. The number of halogens is 1. The summed E-state index contributed by atoms with van der Waals surface area (Å²) in [5.74, 6) is -0.0972. The standard InChI is InChI=1S/C14H16BrNO3S/c1-2-3-14(17)16(12-6-4-11(15)5-7-12)13-8-9-20(18,19)10-13/h4-9,13H,2-3,10H2,1H3. The van der Waals surface area contributed by atoms with E-state index in [0.29, 0.717) is 6.42 Å².